The molecule has 0 unspecified atom stereocenters. The Labute approximate surface area is 97.5 Å². The van der Waals surface area contributed by atoms with Gasteiger partial charge in [0.25, 0.3) is 0 Å². The quantitative estimate of drug-likeness (QED) is 0.836. The van der Waals surface area contributed by atoms with Crippen molar-refractivity contribution in [3.63, 3.8) is 0 Å². The Bertz CT molecular complexity index is 548. The van der Waals surface area contributed by atoms with E-state index in [1.165, 1.54) is 0 Å². The zero-order valence-electron chi connectivity index (χ0n) is 8.77. The maximum absolute atomic E-state index is 10.5. The van der Waals surface area contributed by atoms with Gasteiger partial charge in [-0.15, -0.1) is 0 Å². The highest BCUT2D eigenvalue weighted by Crippen LogP contribution is 2.21. The third kappa shape index (κ3) is 2.02. The molecule has 0 aliphatic heterocycles. The van der Waals surface area contributed by atoms with E-state index in [1.807, 2.05) is 23.8 Å². The normalized spacial score (nSPS) is 10.9. The van der Waals surface area contributed by atoms with E-state index in [9.17, 15) is 4.79 Å². The van der Waals surface area contributed by atoms with Gasteiger partial charge in [0.2, 0.25) is 0 Å². The van der Waals surface area contributed by atoms with Gasteiger partial charge < -0.3 is 9.67 Å². The molecule has 0 fully saturated rings. The summed E-state index contributed by atoms with van der Waals surface area (Å²) in [5.74, 6) is -0.818. The first-order chi connectivity index (χ1) is 7.58. The fraction of sp³-hybridized carbons (Fsp3) is 0.273. The van der Waals surface area contributed by atoms with Gasteiger partial charge in [-0.1, -0.05) is 11.6 Å². The Balaban J connectivity index is 2.44. The van der Waals surface area contributed by atoms with Crippen LogP contribution in [-0.2, 0) is 11.3 Å². The van der Waals surface area contributed by atoms with Crippen LogP contribution >= 0.6 is 11.6 Å². The Hall–Kier alpha value is -1.55. The lowest BCUT2D eigenvalue weighted by Gasteiger charge is -2.01. The highest BCUT2D eigenvalue weighted by Gasteiger charge is 2.08. The van der Waals surface area contributed by atoms with Crippen molar-refractivity contribution in [3.05, 3.63) is 29.0 Å². The van der Waals surface area contributed by atoms with Gasteiger partial charge in [-0.05, 0) is 24.6 Å². The Morgan fingerprint density at radius 3 is 3.00 bits per heavy atom. The molecule has 0 amide bonds. The molecule has 4 nitrogen and oxygen atoms in total. The van der Waals surface area contributed by atoms with Crippen LogP contribution in [0.3, 0.4) is 0 Å². The molecule has 2 aromatic rings. The summed E-state index contributed by atoms with van der Waals surface area (Å²) in [7, 11) is 0. The van der Waals surface area contributed by atoms with Crippen LogP contribution < -0.4 is 0 Å². The van der Waals surface area contributed by atoms with Crippen molar-refractivity contribution in [1.82, 2.24) is 9.55 Å². The largest absolute Gasteiger partial charge is 0.481 e. The third-order valence-corrected chi connectivity index (χ3v) is 2.66. The van der Waals surface area contributed by atoms with Gasteiger partial charge in [0.05, 0.1) is 6.42 Å². The average Bonchev–Trinajstić information content (AvgIpc) is 2.52. The van der Waals surface area contributed by atoms with E-state index >= 15 is 0 Å². The molecule has 5 heteroatoms. The second kappa shape index (κ2) is 4.14. The zero-order valence-corrected chi connectivity index (χ0v) is 9.53. The smallest absolute Gasteiger partial charge is 0.305 e. The number of hydrogen-bond donors (Lipinski definition) is 1. The summed E-state index contributed by atoms with van der Waals surface area (Å²) in [6.07, 6.45) is 1.98. The van der Waals surface area contributed by atoms with E-state index in [1.54, 1.807) is 6.07 Å². The van der Waals surface area contributed by atoms with Crippen LogP contribution in [0.25, 0.3) is 11.0 Å². The van der Waals surface area contributed by atoms with Crippen molar-refractivity contribution >= 4 is 28.6 Å². The maximum atomic E-state index is 10.5. The van der Waals surface area contributed by atoms with Crippen LogP contribution in [0.4, 0.5) is 0 Å². The summed E-state index contributed by atoms with van der Waals surface area (Å²) < 4.78 is 1.82. The third-order valence-electron chi connectivity index (χ3n) is 2.45. The van der Waals surface area contributed by atoms with E-state index in [0.717, 1.165) is 16.6 Å². The molecular weight excluding hydrogens is 228 g/mol. The molecule has 0 spiro atoms. The molecule has 84 valence electrons. The van der Waals surface area contributed by atoms with E-state index in [2.05, 4.69) is 4.98 Å². The lowest BCUT2D eigenvalue weighted by Crippen LogP contribution is -2.04. The van der Waals surface area contributed by atoms with Gasteiger partial charge in [-0.25, -0.2) is 4.98 Å². The standard InChI is InChI=1S/C11H11ClN2O2/c1-7-6-14(5-4-10(15)16)11-8(7)2-3-9(12)13-11/h2-3,6H,4-5H2,1H3,(H,15,16). The minimum absolute atomic E-state index is 0.0808. The number of nitrogens with zero attached hydrogens (tertiary/aromatic N) is 2. The topological polar surface area (TPSA) is 55.1 Å². The Morgan fingerprint density at radius 1 is 1.56 bits per heavy atom. The number of aryl methyl sites for hydroxylation is 2. The van der Waals surface area contributed by atoms with Gasteiger partial charge >= 0.3 is 5.97 Å². The molecule has 0 bridgehead atoms. The summed E-state index contributed by atoms with van der Waals surface area (Å²) in [5.41, 5.74) is 1.82. The fourth-order valence-corrected chi connectivity index (χ4v) is 1.85. The van der Waals surface area contributed by atoms with Crippen molar-refractivity contribution < 1.29 is 9.90 Å². The van der Waals surface area contributed by atoms with Gasteiger partial charge in [-0.2, -0.15) is 0 Å². The highest BCUT2D eigenvalue weighted by atomic mass is 35.5. The molecule has 2 rings (SSSR count). The lowest BCUT2D eigenvalue weighted by atomic mass is 10.2. The van der Waals surface area contributed by atoms with Gasteiger partial charge in [0, 0.05) is 18.1 Å². The number of pyridine rings is 1. The molecular formula is C11H11ClN2O2. The lowest BCUT2D eigenvalue weighted by molar-refractivity contribution is -0.137. The number of carbonyl (C=O) groups is 1. The summed E-state index contributed by atoms with van der Waals surface area (Å²) >= 11 is 5.82. The Morgan fingerprint density at radius 2 is 2.31 bits per heavy atom. The first kappa shape index (κ1) is 11.0. The molecule has 0 aliphatic carbocycles. The maximum Gasteiger partial charge on any atom is 0.305 e. The summed E-state index contributed by atoms with van der Waals surface area (Å²) in [6, 6.07) is 3.63. The molecule has 0 saturated heterocycles. The number of rotatable bonds is 3. The number of halogens is 1. The Kier molecular flexibility index (Phi) is 2.83. The molecule has 0 aromatic carbocycles. The van der Waals surface area contributed by atoms with Crippen LogP contribution in [0.2, 0.25) is 5.15 Å². The van der Waals surface area contributed by atoms with Crippen molar-refractivity contribution in [2.24, 2.45) is 0 Å². The second-order valence-corrected chi connectivity index (χ2v) is 4.04. The zero-order chi connectivity index (χ0) is 11.7. The van der Waals surface area contributed by atoms with E-state index in [4.69, 9.17) is 16.7 Å². The van der Waals surface area contributed by atoms with Gasteiger partial charge in [0.15, 0.2) is 0 Å². The highest BCUT2D eigenvalue weighted by molar-refractivity contribution is 6.29. The van der Waals surface area contributed by atoms with E-state index in [-0.39, 0.29) is 6.42 Å². The van der Waals surface area contributed by atoms with Crippen LogP contribution in [0.1, 0.15) is 12.0 Å². The van der Waals surface area contributed by atoms with Crippen LogP contribution in [0, 0.1) is 6.92 Å². The first-order valence-corrected chi connectivity index (χ1v) is 5.29. The van der Waals surface area contributed by atoms with Crippen LogP contribution in [0.15, 0.2) is 18.3 Å². The van der Waals surface area contributed by atoms with Crippen molar-refractivity contribution in [2.75, 3.05) is 0 Å². The van der Waals surface area contributed by atoms with E-state index in [0.29, 0.717) is 11.7 Å². The van der Waals surface area contributed by atoms with Gasteiger partial charge in [0.1, 0.15) is 10.8 Å². The monoisotopic (exact) mass is 238 g/mol. The van der Waals surface area contributed by atoms with Gasteiger partial charge in [-0.3, -0.25) is 4.79 Å². The number of carboxylic acids is 1. The molecule has 16 heavy (non-hydrogen) atoms. The number of carboxylic acid groups (broad SMARTS) is 1. The van der Waals surface area contributed by atoms with Crippen LogP contribution in [0.5, 0.6) is 0 Å². The SMILES string of the molecule is Cc1cn(CCC(=O)O)c2nc(Cl)ccc12. The predicted molar refractivity (Wildman–Crippen MR) is 61.7 cm³/mol. The van der Waals surface area contributed by atoms with Crippen molar-refractivity contribution in [1.29, 1.82) is 0 Å². The van der Waals surface area contributed by atoms with Crippen molar-refractivity contribution in [2.45, 2.75) is 19.9 Å². The van der Waals surface area contributed by atoms with Crippen LogP contribution in [-0.4, -0.2) is 20.6 Å². The molecule has 0 atom stereocenters. The molecule has 1 N–H and O–H groups in total. The molecule has 2 heterocycles. The molecule has 0 aliphatic rings. The average molecular weight is 239 g/mol. The number of fused-ring (bicyclic) bond motifs is 1. The number of aromatic nitrogens is 2. The first-order valence-electron chi connectivity index (χ1n) is 4.91. The molecule has 0 radical (unpaired) electrons. The van der Waals surface area contributed by atoms with Crippen molar-refractivity contribution in [3.8, 4) is 0 Å². The summed E-state index contributed by atoms with van der Waals surface area (Å²) in [5, 5.41) is 10.1. The summed E-state index contributed by atoms with van der Waals surface area (Å²) in [4.78, 5) is 14.7. The minimum atomic E-state index is -0.818. The predicted octanol–water partition coefficient (Wildman–Crippen LogP) is 2.47. The number of hydrogen-bond acceptors (Lipinski definition) is 2. The molecule has 0 saturated carbocycles. The van der Waals surface area contributed by atoms with E-state index < -0.39 is 5.97 Å². The summed E-state index contributed by atoms with van der Waals surface area (Å²) in [6.45, 7) is 2.38. The fourth-order valence-electron chi connectivity index (χ4n) is 1.70. The molecule has 2 aromatic heterocycles. The minimum Gasteiger partial charge on any atom is -0.481 e. The second-order valence-electron chi connectivity index (χ2n) is 3.65. The number of aliphatic carboxylic acids is 1.